The van der Waals surface area contributed by atoms with E-state index in [0.29, 0.717) is 4.47 Å². The summed E-state index contributed by atoms with van der Waals surface area (Å²) < 4.78 is 14.2. The van der Waals surface area contributed by atoms with Gasteiger partial charge in [0.05, 0.1) is 11.5 Å². The molecule has 1 aromatic carbocycles. The van der Waals surface area contributed by atoms with Crippen LogP contribution in [0.25, 0.3) is 0 Å². The number of hydrogen-bond acceptors (Lipinski definition) is 2. The lowest BCUT2D eigenvalue weighted by atomic mass is 10.1. The maximum atomic E-state index is 13.7. The lowest BCUT2D eigenvalue weighted by molar-refractivity contribution is -0.124. The number of benzene rings is 1. The van der Waals surface area contributed by atoms with Crippen LogP contribution < -0.4 is 5.32 Å². The fourth-order valence-corrected chi connectivity index (χ4v) is 2.02. The molecule has 19 heavy (non-hydrogen) atoms. The molecule has 0 saturated heterocycles. The van der Waals surface area contributed by atoms with Gasteiger partial charge in [-0.3, -0.25) is 9.59 Å². The Hall–Kier alpha value is -1.43. The standard InChI is InChI=1S/C13H16BrFN2O2/c1-8(12(18)16-2)7-17(3)13(19)10-5-4-9(14)6-11(10)15/h4-6,8H,7H2,1-3H3,(H,16,18). The third-order valence-electron chi connectivity index (χ3n) is 2.75. The van der Waals surface area contributed by atoms with E-state index >= 15 is 0 Å². The van der Waals surface area contributed by atoms with E-state index in [4.69, 9.17) is 0 Å². The molecule has 0 aliphatic rings. The molecule has 2 amide bonds. The maximum Gasteiger partial charge on any atom is 0.256 e. The molecular weight excluding hydrogens is 315 g/mol. The average molecular weight is 331 g/mol. The molecule has 0 heterocycles. The second-order valence-corrected chi connectivity index (χ2v) is 5.24. The van der Waals surface area contributed by atoms with Crippen molar-refractivity contribution < 1.29 is 14.0 Å². The van der Waals surface area contributed by atoms with E-state index in [0.717, 1.165) is 0 Å². The van der Waals surface area contributed by atoms with Crippen molar-refractivity contribution in [3.8, 4) is 0 Å². The van der Waals surface area contributed by atoms with E-state index in [2.05, 4.69) is 21.2 Å². The number of rotatable bonds is 4. The normalized spacial score (nSPS) is 11.8. The highest BCUT2D eigenvalue weighted by atomic mass is 79.9. The summed E-state index contributed by atoms with van der Waals surface area (Å²) in [5, 5.41) is 2.51. The van der Waals surface area contributed by atoms with Crippen LogP contribution in [-0.4, -0.2) is 37.4 Å². The van der Waals surface area contributed by atoms with E-state index in [-0.39, 0.29) is 23.9 Å². The van der Waals surface area contributed by atoms with Crippen molar-refractivity contribution in [1.29, 1.82) is 0 Å². The van der Waals surface area contributed by atoms with Crippen molar-refractivity contribution in [2.24, 2.45) is 5.92 Å². The Balaban J connectivity index is 2.79. The Morgan fingerprint density at radius 3 is 2.63 bits per heavy atom. The number of nitrogens with zero attached hydrogens (tertiary/aromatic N) is 1. The predicted molar refractivity (Wildman–Crippen MR) is 74.3 cm³/mol. The van der Waals surface area contributed by atoms with Crippen molar-refractivity contribution in [3.63, 3.8) is 0 Å². The largest absolute Gasteiger partial charge is 0.359 e. The Kier molecular flexibility index (Phi) is 5.47. The zero-order valence-electron chi connectivity index (χ0n) is 11.0. The third-order valence-corrected chi connectivity index (χ3v) is 3.24. The van der Waals surface area contributed by atoms with Gasteiger partial charge in [0.25, 0.3) is 5.91 Å². The van der Waals surface area contributed by atoms with Crippen LogP contribution in [0.1, 0.15) is 17.3 Å². The Labute approximate surface area is 120 Å². The average Bonchev–Trinajstić information content (AvgIpc) is 2.36. The van der Waals surface area contributed by atoms with Crippen LogP contribution in [0.2, 0.25) is 0 Å². The first kappa shape index (κ1) is 15.6. The van der Waals surface area contributed by atoms with Crippen molar-refractivity contribution in [2.75, 3.05) is 20.6 Å². The molecular formula is C13H16BrFN2O2. The van der Waals surface area contributed by atoms with Crippen molar-refractivity contribution in [1.82, 2.24) is 10.2 Å². The van der Waals surface area contributed by atoms with Crippen molar-refractivity contribution in [2.45, 2.75) is 6.92 Å². The van der Waals surface area contributed by atoms with Gasteiger partial charge in [-0.05, 0) is 18.2 Å². The molecule has 0 saturated carbocycles. The Bertz CT molecular complexity index is 494. The van der Waals surface area contributed by atoms with Crippen molar-refractivity contribution >= 4 is 27.7 Å². The first-order valence-corrected chi connectivity index (χ1v) is 6.58. The molecule has 0 radical (unpaired) electrons. The number of halogens is 2. The number of carbonyl (C=O) groups excluding carboxylic acids is 2. The minimum absolute atomic E-state index is 0.00481. The number of carbonyl (C=O) groups is 2. The quantitative estimate of drug-likeness (QED) is 0.918. The molecule has 1 aromatic rings. The van der Waals surface area contributed by atoms with E-state index in [1.54, 1.807) is 20.0 Å². The van der Waals surface area contributed by atoms with Gasteiger partial charge >= 0.3 is 0 Å². The third kappa shape index (κ3) is 4.02. The Morgan fingerprint density at radius 2 is 2.11 bits per heavy atom. The first-order chi connectivity index (χ1) is 8.86. The number of amides is 2. The van der Waals surface area contributed by atoms with Gasteiger partial charge in [0, 0.05) is 25.1 Å². The lowest BCUT2D eigenvalue weighted by Gasteiger charge is -2.21. The van der Waals surface area contributed by atoms with Crippen LogP contribution in [0.3, 0.4) is 0 Å². The van der Waals surface area contributed by atoms with E-state index in [9.17, 15) is 14.0 Å². The fourth-order valence-electron chi connectivity index (χ4n) is 1.69. The summed E-state index contributed by atoms with van der Waals surface area (Å²) in [6, 6.07) is 4.26. The summed E-state index contributed by atoms with van der Waals surface area (Å²) in [6.07, 6.45) is 0. The first-order valence-electron chi connectivity index (χ1n) is 5.79. The molecule has 1 rings (SSSR count). The lowest BCUT2D eigenvalue weighted by Crippen LogP contribution is -2.37. The molecule has 0 aliphatic carbocycles. The molecule has 1 N–H and O–H groups in total. The van der Waals surface area contributed by atoms with Crippen LogP contribution in [0.15, 0.2) is 22.7 Å². The summed E-state index contributed by atoms with van der Waals surface area (Å²) in [5.41, 5.74) is -0.00481. The summed E-state index contributed by atoms with van der Waals surface area (Å²) in [7, 11) is 3.08. The molecule has 0 aromatic heterocycles. The molecule has 0 aliphatic heterocycles. The summed E-state index contributed by atoms with van der Waals surface area (Å²) in [6.45, 7) is 1.94. The van der Waals surface area contributed by atoms with Gasteiger partial charge < -0.3 is 10.2 Å². The predicted octanol–water partition coefficient (Wildman–Crippen LogP) is 2.04. The molecule has 4 nitrogen and oxygen atoms in total. The van der Waals surface area contributed by atoms with Gasteiger partial charge in [0.2, 0.25) is 5.91 Å². The van der Waals surface area contributed by atoms with E-state index < -0.39 is 11.7 Å². The molecule has 1 atom stereocenters. The topological polar surface area (TPSA) is 49.4 Å². The Morgan fingerprint density at radius 1 is 1.47 bits per heavy atom. The van der Waals surface area contributed by atoms with Crippen LogP contribution in [0, 0.1) is 11.7 Å². The van der Waals surface area contributed by atoms with Crippen LogP contribution in [0.4, 0.5) is 4.39 Å². The summed E-state index contributed by atoms with van der Waals surface area (Å²) >= 11 is 3.13. The zero-order valence-corrected chi connectivity index (χ0v) is 12.6. The van der Waals surface area contributed by atoms with Crippen molar-refractivity contribution in [3.05, 3.63) is 34.1 Å². The molecule has 0 bridgehead atoms. The molecule has 6 heteroatoms. The van der Waals surface area contributed by atoms with Crippen LogP contribution in [0.5, 0.6) is 0 Å². The van der Waals surface area contributed by atoms with E-state index in [1.807, 2.05) is 0 Å². The molecule has 1 unspecified atom stereocenters. The molecule has 0 spiro atoms. The van der Waals surface area contributed by atoms with Crippen LogP contribution in [-0.2, 0) is 4.79 Å². The monoisotopic (exact) mass is 330 g/mol. The van der Waals surface area contributed by atoms with Gasteiger partial charge in [-0.25, -0.2) is 4.39 Å². The highest BCUT2D eigenvalue weighted by Gasteiger charge is 2.20. The van der Waals surface area contributed by atoms with Gasteiger partial charge in [-0.2, -0.15) is 0 Å². The molecule has 104 valence electrons. The maximum absolute atomic E-state index is 13.7. The summed E-state index contributed by atoms with van der Waals surface area (Å²) in [4.78, 5) is 24.8. The second-order valence-electron chi connectivity index (χ2n) is 4.33. The second kappa shape index (κ2) is 6.65. The van der Waals surface area contributed by atoms with E-state index in [1.165, 1.54) is 24.1 Å². The number of nitrogens with one attached hydrogen (secondary N) is 1. The van der Waals surface area contributed by atoms with Gasteiger partial charge in [-0.15, -0.1) is 0 Å². The van der Waals surface area contributed by atoms with Gasteiger partial charge in [0.15, 0.2) is 0 Å². The zero-order chi connectivity index (χ0) is 14.6. The van der Waals surface area contributed by atoms with Gasteiger partial charge in [0.1, 0.15) is 5.82 Å². The van der Waals surface area contributed by atoms with Gasteiger partial charge in [-0.1, -0.05) is 22.9 Å². The minimum atomic E-state index is -0.584. The van der Waals surface area contributed by atoms with Crippen LogP contribution >= 0.6 is 15.9 Å². The molecule has 0 fully saturated rings. The SMILES string of the molecule is CNC(=O)C(C)CN(C)C(=O)c1ccc(Br)cc1F. The minimum Gasteiger partial charge on any atom is -0.359 e. The highest BCUT2D eigenvalue weighted by molar-refractivity contribution is 9.10. The highest BCUT2D eigenvalue weighted by Crippen LogP contribution is 2.17. The summed E-state index contributed by atoms with van der Waals surface area (Å²) in [5.74, 6) is -1.53. The number of hydrogen-bond donors (Lipinski definition) is 1. The smallest absolute Gasteiger partial charge is 0.256 e. The fraction of sp³-hybridized carbons (Fsp3) is 0.385.